The lowest BCUT2D eigenvalue weighted by Gasteiger charge is -2.04. The molecule has 1 aromatic carbocycles. The molecule has 1 aromatic heterocycles. The number of H-pyrrole nitrogens is 1. The molecule has 0 atom stereocenters. The number of hydrazine groups is 1. The first kappa shape index (κ1) is 13.6. The molecule has 4 N–H and O–H groups in total. The molecule has 0 amide bonds. The Morgan fingerprint density at radius 2 is 2.20 bits per heavy atom. The lowest BCUT2D eigenvalue weighted by Crippen LogP contribution is -2.22. The Hall–Kier alpha value is -2.81. The fraction of sp³-hybridized carbons (Fsp3) is 0.182. The third-order valence-electron chi connectivity index (χ3n) is 2.70. The molecule has 2 rings (SSSR count). The summed E-state index contributed by atoms with van der Waals surface area (Å²) in [6.45, 7) is 1.76. The highest BCUT2D eigenvalue weighted by Gasteiger charge is 2.16. The van der Waals surface area contributed by atoms with Gasteiger partial charge in [0.25, 0.3) is 11.2 Å². The lowest BCUT2D eigenvalue weighted by molar-refractivity contribution is -0.385. The molecule has 9 heteroatoms. The van der Waals surface area contributed by atoms with E-state index in [0.717, 1.165) is 5.56 Å². The van der Waals surface area contributed by atoms with Gasteiger partial charge in [-0.05, 0) is 12.5 Å². The summed E-state index contributed by atoms with van der Waals surface area (Å²) in [5, 5.41) is 18.3. The molecule has 9 nitrogen and oxygen atoms in total. The van der Waals surface area contributed by atoms with E-state index in [1.807, 2.05) is 0 Å². The van der Waals surface area contributed by atoms with Gasteiger partial charge in [-0.25, -0.2) is 5.84 Å². The normalized spacial score (nSPS) is 10.3. The van der Waals surface area contributed by atoms with Crippen molar-refractivity contribution in [3.63, 3.8) is 0 Å². The fourth-order valence-electron chi connectivity index (χ4n) is 1.71. The fourth-order valence-corrected chi connectivity index (χ4v) is 1.71. The quantitative estimate of drug-likeness (QED) is 0.413. The first-order valence-electron chi connectivity index (χ1n) is 5.67. The van der Waals surface area contributed by atoms with Crippen LogP contribution >= 0.6 is 0 Å². The van der Waals surface area contributed by atoms with E-state index in [0.29, 0.717) is 5.56 Å². The molecule has 0 saturated carbocycles. The minimum absolute atomic E-state index is 0.0176. The Kier molecular flexibility index (Phi) is 3.71. The second-order valence-corrected chi connectivity index (χ2v) is 4.16. The zero-order valence-electron chi connectivity index (χ0n) is 10.6. The predicted octanol–water partition coefficient (Wildman–Crippen LogP) is 0.258. The maximum absolute atomic E-state index is 11.7. The molecule has 0 aliphatic heterocycles. The summed E-state index contributed by atoms with van der Waals surface area (Å²) >= 11 is 0. The number of aromatic nitrogens is 3. The van der Waals surface area contributed by atoms with Crippen molar-refractivity contribution in [1.82, 2.24) is 15.2 Å². The Morgan fingerprint density at radius 1 is 1.45 bits per heavy atom. The summed E-state index contributed by atoms with van der Waals surface area (Å²) in [7, 11) is 0. The molecular formula is C11H12N6O3. The topological polar surface area (TPSA) is 140 Å². The molecule has 1 heterocycles. The Balaban J connectivity index is 2.40. The lowest BCUT2D eigenvalue weighted by atomic mass is 10.1. The average molecular weight is 276 g/mol. The largest absolute Gasteiger partial charge is 0.293 e. The summed E-state index contributed by atoms with van der Waals surface area (Å²) in [5.41, 5.74) is 2.86. The van der Waals surface area contributed by atoms with Gasteiger partial charge in [0, 0.05) is 18.1 Å². The summed E-state index contributed by atoms with van der Waals surface area (Å²) in [6, 6.07) is 4.79. The summed E-state index contributed by atoms with van der Waals surface area (Å²) < 4.78 is 0. The molecule has 104 valence electrons. The molecule has 0 spiro atoms. The zero-order valence-corrected chi connectivity index (χ0v) is 10.6. The molecule has 0 aliphatic carbocycles. The standard InChI is InChI=1S/C11H12N6O3/c1-6-2-3-7(9(4-6)17(19)20)5-8-10(18)13-11(14-12)16-15-8/h2-4H,5,12H2,1H3,(H2,13,14,16,18). The SMILES string of the molecule is Cc1ccc(Cc2nnc(NN)[nH]c2=O)c([N+](=O)[O-])c1. The Labute approximate surface area is 113 Å². The van der Waals surface area contributed by atoms with Crippen LogP contribution < -0.4 is 16.8 Å². The van der Waals surface area contributed by atoms with Crippen molar-refractivity contribution in [3.8, 4) is 0 Å². The van der Waals surface area contributed by atoms with Crippen LogP contribution in [0.25, 0.3) is 0 Å². The first-order chi connectivity index (χ1) is 9.51. The van der Waals surface area contributed by atoms with Crippen molar-refractivity contribution in [2.24, 2.45) is 5.84 Å². The number of aromatic amines is 1. The molecule has 0 fully saturated rings. The number of nitrogens with one attached hydrogen (secondary N) is 2. The number of nitrogen functional groups attached to an aromatic ring is 1. The molecule has 0 saturated heterocycles. The van der Waals surface area contributed by atoms with E-state index in [4.69, 9.17) is 5.84 Å². The van der Waals surface area contributed by atoms with E-state index in [-0.39, 0.29) is 23.8 Å². The van der Waals surface area contributed by atoms with Gasteiger partial charge in [-0.15, -0.1) is 10.2 Å². The molecule has 20 heavy (non-hydrogen) atoms. The average Bonchev–Trinajstić information content (AvgIpc) is 2.42. The summed E-state index contributed by atoms with van der Waals surface area (Å²) in [6.07, 6.45) is 0.0176. The number of rotatable bonds is 4. The van der Waals surface area contributed by atoms with Crippen LogP contribution in [0.2, 0.25) is 0 Å². The summed E-state index contributed by atoms with van der Waals surface area (Å²) in [5.74, 6) is 5.12. The highest BCUT2D eigenvalue weighted by Crippen LogP contribution is 2.21. The number of aryl methyl sites for hydroxylation is 1. The first-order valence-corrected chi connectivity index (χ1v) is 5.67. The zero-order chi connectivity index (χ0) is 14.7. The van der Waals surface area contributed by atoms with Crippen LogP contribution in [0.3, 0.4) is 0 Å². The minimum atomic E-state index is -0.497. The van der Waals surface area contributed by atoms with Crippen LogP contribution in [0.15, 0.2) is 23.0 Å². The van der Waals surface area contributed by atoms with Gasteiger partial charge in [0.05, 0.1) is 4.92 Å². The van der Waals surface area contributed by atoms with Crippen LogP contribution in [-0.4, -0.2) is 20.1 Å². The van der Waals surface area contributed by atoms with E-state index in [1.165, 1.54) is 6.07 Å². The van der Waals surface area contributed by atoms with Gasteiger partial charge in [0.1, 0.15) is 5.69 Å². The summed E-state index contributed by atoms with van der Waals surface area (Å²) in [4.78, 5) is 24.6. The number of nitro groups is 1. The van der Waals surface area contributed by atoms with E-state index >= 15 is 0 Å². The van der Waals surface area contributed by atoms with Gasteiger partial charge in [-0.1, -0.05) is 12.1 Å². The number of nitrogens with two attached hydrogens (primary N) is 1. The van der Waals surface area contributed by atoms with Gasteiger partial charge >= 0.3 is 0 Å². The Bertz CT molecular complexity index is 712. The van der Waals surface area contributed by atoms with Crippen molar-refractivity contribution in [2.75, 3.05) is 5.43 Å². The van der Waals surface area contributed by atoms with Crippen molar-refractivity contribution in [3.05, 3.63) is 55.5 Å². The Morgan fingerprint density at radius 3 is 2.80 bits per heavy atom. The van der Waals surface area contributed by atoms with Crippen LogP contribution in [0.5, 0.6) is 0 Å². The van der Waals surface area contributed by atoms with Crippen LogP contribution in [0.4, 0.5) is 11.6 Å². The van der Waals surface area contributed by atoms with E-state index in [9.17, 15) is 14.9 Å². The maximum atomic E-state index is 11.7. The van der Waals surface area contributed by atoms with Gasteiger partial charge < -0.3 is 0 Å². The second-order valence-electron chi connectivity index (χ2n) is 4.16. The van der Waals surface area contributed by atoms with Crippen LogP contribution in [-0.2, 0) is 6.42 Å². The van der Waals surface area contributed by atoms with E-state index in [2.05, 4.69) is 20.6 Å². The molecular weight excluding hydrogens is 264 g/mol. The van der Waals surface area contributed by atoms with Crippen molar-refractivity contribution in [2.45, 2.75) is 13.3 Å². The third kappa shape index (κ3) is 2.78. The van der Waals surface area contributed by atoms with E-state index < -0.39 is 10.5 Å². The minimum Gasteiger partial charge on any atom is -0.293 e. The number of nitrogens with zero attached hydrogens (tertiary/aromatic N) is 3. The molecule has 0 radical (unpaired) electrons. The molecule has 2 aromatic rings. The number of benzene rings is 1. The molecule has 0 unspecified atom stereocenters. The maximum Gasteiger partial charge on any atom is 0.274 e. The monoisotopic (exact) mass is 276 g/mol. The number of nitro benzene ring substituents is 1. The molecule has 0 aliphatic rings. The van der Waals surface area contributed by atoms with Crippen molar-refractivity contribution >= 4 is 11.6 Å². The van der Waals surface area contributed by atoms with Crippen molar-refractivity contribution < 1.29 is 4.92 Å². The highest BCUT2D eigenvalue weighted by molar-refractivity contribution is 5.44. The predicted molar refractivity (Wildman–Crippen MR) is 71.1 cm³/mol. The third-order valence-corrected chi connectivity index (χ3v) is 2.70. The van der Waals surface area contributed by atoms with Crippen LogP contribution in [0.1, 0.15) is 16.8 Å². The smallest absolute Gasteiger partial charge is 0.274 e. The number of hydrogen-bond acceptors (Lipinski definition) is 7. The number of anilines is 1. The highest BCUT2D eigenvalue weighted by atomic mass is 16.6. The second kappa shape index (κ2) is 5.45. The molecule has 0 bridgehead atoms. The van der Waals surface area contributed by atoms with Gasteiger partial charge in [-0.2, -0.15) is 0 Å². The van der Waals surface area contributed by atoms with Crippen LogP contribution in [0, 0.1) is 17.0 Å². The number of hydrogen-bond donors (Lipinski definition) is 3. The van der Waals surface area contributed by atoms with Gasteiger partial charge in [0.2, 0.25) is 5.95 Å². The van der Waals surface area contributed by atoms with E-state index in [1.54, 1.807) is 19.1 Å². The van der Waals surface area contributed by atoms with Crippen molar-refractivity contribution in [1.29, 1.82) is 0 Å². The van der Waals surface area contributed by atoms with Gasteiger partial charge in [0.15, 0.2) is 0 Å². The van der Waals surface area contributed by atoms with Gasteiger partial charge in [-0.3, -0.25) is 25.3 Å².